The van der Waals surface area contributed by atoms with Crippen molar-refractivity contribution >= 4 is 17.2 Å². The number of para-hydroxylation sites is 1. The zero-order chi connectivity index (χ0) is 11.5. The SMILES string of the molecule is CCCc1cccc2cc(C=O)c(=O)[nH]c12. The summed E-state index contributed by atoms with van der Waals surface area (Å²) in [5, 5.41) is 0.910. The first-order valence-corrected chi connectivity index (χ1v) is 5.36. The zero-order valence-corrected chi connectivity index (χ0v) is 9.12. The molecule has 2 aromatic rings. The molecule has 3 nitrogen and oxygen atoms in total. The number of H-pyrrole nitrogens is 1. The van der Waals surface area contributed by atoms with Gasteiger partial charge >= 0.3 is 0 Å². The number of aromatic amines is 1. The zero-order valence-electron chi connectivity index (χ0n) is 9.12. The molecular formula is C13H13NO2. The molecule has 0 saturated heterocycles. The van der Waals surface area contributed by atoms with Crippen LogP contribution in [-0.2, 0) is 6.42 Å². The first-order valence-electron chi connectivity index (χ1n) is 5.36. The van der Waals surface area contributed by atoms with E-state index in [0.717, 1.165) is 29.3 Å². The number of carbonyl (C=O) groups excluding carboxylic acids is 1. The minimum atomic E-state index is -0.314. The lowest BCUT2D eigenvalue weighted by molar-refractivity contribution is 0.112. The Morgan fingerprint density at radius 3 is 2.88 bits per heavy atom. The van der Waals surface area contributed by atoms with Gasteiger partial charge in [-0.2, -0.15) is 0 Å². The average molecular weight is 215 g/mol. The molecule has 0 bridgehead atoms. The summed E-state index contributed by atoms with van der Waals surface area (Å²) in [6.45, 7) is 2.09. The van der Waals surface area contributed by atoms with Crippen molar-refractivity contribution in [1.82, 2.24) is 4.98 Å². The van der Waals surface area contributed by atoms with Crippen LogP contribution in [0.15, 0.2) is 29.1 Å². The number of rotatable bonds is 3. The number of hydrogen-bond acceptors (Lipinski definition) is 2. The largest absolute Gasteiger partial charge is 0.321 e. The van der Waals surface area contributed by atoms with E-state index in [0.29, 0.717) is 6.29 Å². The predicted molar refractivity (Wildman–Crippen MR) is 64.0 cm³/mol. The van der Waals surface area contributed by atoms with Crippen LogP contribution in [0.3, 0.4) is 0 Å². The van der Waals surface area contributed by atoms with Gasteiger partial charge in [0.25, 0.3) is 5.56 Å². The predicted octanol–water partition coefficient (Wildman–Crippen LogP) is 2.29. The smallest absolute Gasteiger partial charge is 0.259 e. The summed E-state index contributed by atoms with van der Waals surface area (Å²) >= 11 is 0. The molecule has 2 rings (SSSR count). The summed E-state index contributed by atoms with van der Waals surface area (Å²) < 4.78 is 0. The van der Waals surface area contributed by atoms with Gasteiger partial charge in [-0.3, -0.25) is 9.59 Å². The van der Waals surface area contributed by atoms with Crippen molar-refractivity contribution in [3.63, 3.8) is 0 Å². The molecule has 0 amide bonds. The van der Waals surface area contributed by atoms with Gasteiger partial charge in [0.15, 0.2) is 6.29 Å². The number of carbonyl (C=O) groups is 1. The fourth-order valence-electron chi connectivity index (χ4n) is 1.88. The van der Waals surface area contributed by atoms with Gasteiger partial charge in [0.1, 0.15) is 0 Å². The van der Waals surface area contributed by atoms with Crippen LogP contribution < -0.4 is 5.56 Å². The molecule has 16 heavy (non-hydrogen) atoms. The molecule has 0 unspecified atom stereocenters. The first-order chi connectivity index (χ1) is 7.76. The van der Waals surface area contributed by atoms with Crippen molar-refractivity contribution in [3.8, 4) is 0 Å². The van der Waals surface area contributed by atoms with E-state index in [2.05, 4.69) is 11.9 Å². The summed E-state index contributed by atoms with van der Waals surface area (Å²) in [5.74, 6) is 0. The topological polar surface area (TPSA) is 49.9 Å². The number of hydrogen-bond donors (Lipinski definition) is 1. The standard InChI is InChI=1S/C13H13NO2/c1-2-4-9-5-3-6-10-7-11(8-15)13(16)14-12(9)10/h3,5-8H,2,4H2,1H3,(H,14,16). The van der Waals surface area contributed by atoms with Crippen LogP contribution in [0, 0.1) is 0 Å². The first kappa shape index (κ1) is 10.6. The van der Waals surface area contributed by atoms with Crippen LogP contribution in [0.2, 0.25) is 0 Å². The maximum absolute atomic E-state index is 11.5. The lowest BCUT2D eigenvalue weighted by Gasteiger charge is -2.05. The Labute approximate surface area is 93.1 Å². The van der Waals surface area contributed by atoms with E-state index >= 15 is 0 Å². The Balaban J connectivity index is 2.74. The van der Waals surface area contributed by atoms with E-state index < -0.39 is 0 Å². The molecule has 0 fully saturated rings. The monoisotopic (exact) mass is 215 g/mol. The van der Waals surface area contributed by atoms with Crippen molar-refractivity contribution in [3.05, 3.63) is 45.7 Å². The summed E-state index contributed by atoms with van der Waals surface area (Å²) in [4.78, 5) is 25.0. The van der Waals surface area contributed by atoms with E-state index in [4.69, 9.17) is 0 Å². The molecule has 0 aliphatic carbocycles. The molecule has 82 valence electrons. The highest BCUT2D eigenvalue weighted by molar-refractivity contribution is 5.87. The average Bonchev–Trinajstić information content (AvgIpc) is 2.29. The second-order valence-corrected chi connectivity index (χ2v) is 3.80. The molecule has 0 spiro atoms. The molecule has 1 aromatic carbocycles. The third-order valence-electron chi connectivity index (χ3n) is 2.64. The van der Waals surface area contributed by atoms with Gasteiger partial charge in [-0.1, -0.05) is 31.5 Å². The van der Waals surface area contributed by atoms with Crippen molar-refractivity contribution in [2.45, 2.75) is 19.8 Å². The molecule has 0 atom stereocenters. The molecule has 1 heterocycles. The fraction of sp³-hybridized carbons (Fsp3) is 0.231. The second kappa shape index (κ2) is 4.31. The van der Waals surface area contributed by atoms with Crippen molar-refractivity contribution in [2.24, 2.45) is 0 Å². The van der Waals surface area contributed by atoms with Crippen LogP contribution in [0.4, 0.5) is 0 Å². The van der Waals surface area contributed by atoms with E-state index in [-0.39, 0.29) is 11.1 Å². The number of nitrogens with one attached hydrogen (secondary N) is 1. The lowest BCUT2D eigenvalue weighted by Crippen LogP contribution is -2.12. The van der Waals surface area contributed by atoms with Gasteiger partial charge in [0, 0.05) is 0 Å². The summed E-state index contributed by atoms with van der Waals surface area (Å²) in [5.41, 5.74) is 1.83. The third-order valence-corrected chi connectivity index (χ3v) is 2.64. The highest BCUT2D eigenvalue weighted by Gasteiger charge is 2.04. The van der Waals surface area contributed by atoms with Crippen LogP contribution in [0.5, 0.6) is 0 Å². The molecular weight excluding hydrogens is 202 g/mol. The minimum Gasteiger partial charge on any atom is -0.321 e. The minimum absolute atomic E-state index is 0.182. The quantitative estimate of drug-likeness (QED) is 0.798. The van der Waals surface area contributed by atoms with Crippen molar-refractivity contribution in [2.75, 3.05) is 0 Å². The normalized spacial score (nSPS) is 10.6. The Hall–Kier alpha value is -1.90. The van der Waals surface area contributed by atoms with E-state index in [1.807, 2.05) is 18.2 Å². The number of aryl methyl sites for hydroxylation is 1. The number of pyridine rings is 1. The summed E-state index contributed by atoms with van der Waals surface area (Å²) in [7, 11) is 0. The fourth-order valence-corrected chi connectivity index (χ4v) is 1.88. The molecule has 0 aliphatic heterocycles. The van der Waals surface area contributed by atoms with E-state index in [1.54, 1.807) is 6.07 Å². The van der Waals surface area contributed by atoms with E-state index in [1.165, 1.54) is 0 Å². The lowest BCUT2D eigenvalue weighted by atomic mass is 10.0. The Kier molecular flexibility index (Phi) is 2.86. The Morgan fingerprint density at radius 2 is 2.19 bits per heavy atom. The number of fused-ring (bicyclic) bond motifs is 1. The molecule has 3 heteroatoms. The highest BCUT2D eigenvalue weighted by atomic mass is 16.1. The van der Waals surface area contributed by atoms with Gasteiger partial charge in [-0.25, -0.2) is 0 Å². The van der Waals surface area contributed by atoms with Crippen LogP contribution in [-0.4, -0.2) is 11.3 Å². The van der Waals surface area contributed by atoms with Gasteiger partial charge < -0.3 is 4.98 Å². The van der Waals surface area contributed by atoms with Crippen LogP contribution in [0.1, 0.15) is 29.3 Å². The maximum Gasteiger partial charge on any atom is 0.259 e. The number of aromatic nitrogens is 1. The second-order valence-electron chi connectivity index (χ2n) is 3.80. The highest BCUT2D eigenvalue weighted by Crippen LogP contribution is 2.16. The van der Waals surface area contributed by atoms with Gasteiger partial charge in [0.2, 0.25) is 0 Å². The molecule has 0 radical (unpaired) electrons. The number of benzene rings is 1. The maximum atomic E-state index is 11.5. The molecule has 1 N–H and O–H groups in total. The van der Waals surface area contributed by atoms with Crippen LogP contribution in [0.25, 0.3) is 10.9 Å². The summed E-state index contributed by atoms with van der Waals surface area (Å²) in [6, 6.07) is 7.49. The number of aldehydes is 1. The Bertz CT molecular complexity index is 584. The van der Waals surface area contributed by atoms with Gasteiger partial charge in [0.05, 0.1) is 11.1 Å². The molecule has 0 aliphatic rings. The molecule has 1 aromatic heterocycles. The van der Waals surface area contributed by atoms with E-state index in [9.17, 15) is 9.59 Å². The molecule has 0 saturated carbocycles. The van der Waals surface area contributed by atoms with Crippen LogP contribution >= 0.6 is 0 Å². The van der Waals surface area contributed by atoms with Gasteiger partial charge in [-0.15, -0.1) is 0 Å². The Morgan fingerprint density at radius 1 is 1.38 bits per heavy atom. The third kappa shape index (κ3) is 1.76. The van der Waals surface area contributed by atoms with Crippen molar-refractivity contribution in [1.29, 1.82) is 0 Å². The van der Waals surface area contributed by atoms with Crippen molar-refractivity contribution < 1.29 is 4.79 Å². The van der Waals surface area contributed by atoms with Gasteiger partial charge in [-0.05, 0) is 23.4 Å². The summed E-state index contributed by atoms with van der Waals surface area (Å²) in [6.07, 6.45) is 2.54.